The minimum atomic E-state index is -4.59. The van der Waals surface area contributed by atoms with Gasteiger partial charge >= 0.3 is 6.18 Å². The van der Waals surface area contributed by atoms with Crippen molar-refractivity contribution in [1.82, 2.24) is 30.6 Å². The van der Waals surface area contributed by atoms with Crippen molar-refractivity contribution in [2.24, 2.45) is 0 Å². The van der Waals surface area contributed by atoms with Crippen LogP contribution >= 0.6 is 0 Å². The molecule has 4 rings (SSSR count). The highest BCUT2D eigenvalue weighted by molar-refractivity contribution is 5.93. The molecule has 1 aromatic carbocycles. The topological polar surface area (TPSA) is 120 Å². The number of hydroxylamine groups is 1. The number of pyridine rings is 1. The van der Waals surface area contributed by atoms with E-state index >= 15 is 0 Å². The Hall–Kier alpha value is -4.32. The Morgan fingerprint density at radius 1 is 1.03 bits per heavy atom. The lowest BCUT2D eigenvalue weighted by atomic mass is 10.1. The molecule has 0 saturated carbocycles. The van der Waals surface area contributed by atoms with Crippen molar-refractivity contribution in [1.29, 1.82) is 0 Å². The summed E-state index contributed by atoms with van der Waals surface area (Å²) in [5.74, 6) is 0.101. The van der Waals surface area contributed by atoms with E-state index in [1.165, 1.54) is 49.1 Å². The van der Waals surface area contributed by atoms with Gasteiger partial charge in [0.2, 0.25) is 0 Å². The van der Waals surface area contributed by atoms with E-state index in [1.807, 2.05) is 5.10 Å². The van der Waals surface area contributed by atoms with E-state index in [0.717, 1.165) is 11.8 Å². The average molecular weight is 455 g/mol. The molecular weight excluding hydrogens is 439 g/mol. The van der Waals surface area contributed by atoms with Gasteiger partial charge in [0, 0.05) is 29.7 Å². The summed E-state index contributed by atoms with van der Waals surface area (Å²) in [6.45, 7) is 0.230. The van der Waals surface area contributed by atoms with Crippen LogP contribution in [0.15, 0.2) is 67.4 Å². The van der Waals surface area contributed by atoms with Gasteiger partial charge < -0.3 is 4.90 Å². The van der Waals surface area contributed by atoms with Crippen LogP contribution in [0.1, 0.15) is 21.6 Å². The molecule has 1 amide bonds. The van der Waals surface area contributed by atoms with Gasteiger partial charge in [-0.3, -0.25) is 20.1 Å². The lowest BCUT2D eigenvalue weighted by Gasteiger charge is -2.23. The summed E-state index contributed by atoms with van der Waals surface area (Å²) in [6.07, 6.45) is 2.40. The first-order valence-electron chi connectivity index (χ1n) is 9.50. The third-order valence-corrected chi connectivity index (χ3v) is 4.74. The van der Waals surface area contributed by atoms with Crippen LogP contribution < -0.4 is 10.4 Å². The highest BCUT2D eigenvalue weighted by Crippen LogP contribution is 2.36. The van der Waals surface area contributed by atoms with E-state index in [9.17, 15) is 18.0 Å². The lowest BCUT2D eigenvalue weighted by Crippen LogP contribution is -2.20. The zero-order valence-corrected chi connectivity index (χ0v) is 16.8. The first kappa shape index (κ1) is 21.9. The molecule has 0 saturated heterocycles. The number of halogens is 3. The zero-order valence-electron chi connectivity index (χ0n) is 16.8. The fourth-order valence-corrected chi connectivity index (χ4v) is 3.17. The summed E-state index contributed by atoms with van der Waals surface area (Å²) in [4.78, 5) is 25.9. The Morgan fingerprint density at radius 3 is 2.45 bits per heavy atom. The molecule has 168 valence electrons. The second-order valence-electron chi connectivity index (χ2n) is 6.85. The highest BCUT2D eigenvalue weighted by Gasteiger charge is 2.36. The third-order valence-electron chi connectivity index (χ3n) is 4.74. The predicted octanol–water partition coefficient (Wildman–Crippen LogP) is 3.74. The maximum absolute atomic E-state index is 13.3. The molecule has 3 N–H and O–H groups in total. The van der Waals surface area contributed by atoms with E-state index in [-0.39, 0.29) is 23.2 Å². The standard InChI is InChI=1S/C21H16F3N7O2/c22-21(23,24)19-16(10-28-29-19)15-5-6-26-17(9-15)31(18-11-25-7-8-27-18)12-13-1-3-14(4-2-13)20(32)30-33/h1-11,33H,12H2,(H,28,29)(H,30,32). The van der Waals surface area contributed by atoms with Crippen LogP contribution in [-0.4, -0.2) is 36.3 Å². The second-order valence-corrected chi connectivity index (χ2v) is 6.85. The number of hydrogen-bond donors (Lipinski definition) is 3. The zero-order chi connectivity index (χ0) is 23.4. The van der Waals surface area contributed by atoms with Gasteiger partial charge in [0.05, 0.1) is 18.9 Å². The number of aromatic amines is 1. The van der Waals surface area contributed by atoms with Crippen LogP contribution in [0.2, 0.25) is 0 Å². The molecule has 0 bridgehead atoms. The minimum Gasteiger partial charge on any atom is -0.305 e. The number of rotatable bonds is 6. The molecule has 0 spiro atoms. The molecular formula is C21H16F3N7O2. The molecule has 12 heteroatoms. The number of carbonyl (C=O) groups excluding carboxylic acids is 1. The number of H-pyrrole nitrogens is 1. The van der Waals surface area contributed by atoms with Crippen molar-refractivity contribution in [2.75, 3.05) is 4.90 Å². The number of benzene rings is 1. The summed E-state index contributed by atoms with van der Waals surface area (Å²) < 4.78 is 40.0. The smallest absolute Gasteiger partial charge is 0.305 e. The molecule has 0 fully saturated rings. The van der Waals surface area contributed by atoms with Crippen molar-refractivity contribution in [2.45, 2.75) is 12.7 Å². The lowest BCUT2D eigenvalue weighted by molar-refractivity contribution is -0.140. The third kappa shape index (κ3) is 4.80. The maximum Gasteiger partial charge on any atom is 0.433 e. The summed E-state index contributed by atoms with van der Waals surface area (Å²) in [6, 6.07) is 9.37. The molecule has 0 atom stereocenters. The molecule has 3 aromatic heterocycles. The highest BCUT2D eigenvalue weighted by atomic mass is 19.4. The van der Waals surface area contributed by atoms with Crippen molar-refractivity contribution in [3.8, 4) is 11.1 Å². The van der Waals surface area contributed by atoms with E-state index < -0.39 is 17.8 Å². The summed E-state index contributed by atoms with van der Waals surface area (Å²) >= 11 is 0. The Labute approximate surface area is 184 Å². The van der Waals surface area contributed by atoms with Crippen molar-refractivity contribution in [3.63, 3.8) is 0 Å². The van der Waals surface area contributed by atoms with Gasteiger partial charge in [-0.05, 0) is 35.4 Å². The number of amides is 1. The van der Waals surface area contributed by atoms with Gasteiger partial charge in [0.25, 0.3) is 5.91 Å². The first-order chi connectivity index (χ1) is 15.9. The largest absolute Gasteiger partial charge is 0.433 e. The monoisotopic (exact) mass is 455 g/mol. The minimum absolute atomic E-state index is 0.107. The first-order valence-corrected chi connectivity index (χ1v) is 9.50. The van der Waals surface area contributed by atoms with E-state index in [0.29, 0.717) is 11.6 Å². The van der Waals surface area contributed by atoms with Crippen LogP contribution in [0.25, 0.3) is 11.1 Å². The van der Waals surface area contributed by atoms with E-state index in [4.69, 9.17) is 5.21 Å². The normalized spacial score (nSPS) is 11.3. The fourth-order valence-electron chi connectivity index (χ4n) is 3.17. The second kappa shape index (κ2) is 9.04. The molecule has 0 aliphatic rings. The Bertz CT molecular complexity index is 1240. The Morgan fingerprint density at radius 2 is 1.79 bits per heavy atom. The predicted molar refractivity (Wildman–Crippen MR) is 110 cm³/mol. The van der Waals surface area contributed by atoms with E-state index in [2.05, 4.69) is 20.1 Å². The fraction of sp³-hybridized carbons (Fsp3) is 0.0952. The average Bonchev–Trinajstić information content (AvgIpc) is 3.34. The molecule has 33 heavy (non-hydrogen) atoms. The number of alkyl halides is 3. The van der Waals surface area contributed by atoms with Gasteiger partial charge in [-0.1, -0.05) is 12.1 Å². The molecule has 0 unspecified atom stereocenters. The summed E-state index contributed by atoms with van der Waals surface area (Å²) in [5, 5.41) is 14.3. The maximum atomic E-state index is 13.3. The van der Waals surface area contributed by atoms with Crippen LogP contribution in [0.4, 0.5) is 24.8 Å². The van der Waals surface area contributed by atoms with Gasteiger partial charge in [-0.2, -0.15) is 18.3 Å². The molecule has 9 nitrogen and oxygen atoms in total. The van der Waals surface area contributed by atoms with Crippen LogP contribution in [-0.2, 0) is 12.7 Å². The molecule has 3 heterocycles. The van der Waals surface area contributed by atoms with Crippen molar-refractivity contribution in [3.05, 3.63) is 84.2 Å². The van der Waals surface area contributed by atoms with Crippen LogP contribution in [0.3, 0.4) is 0 Å². The van der Waals surface area contributed by atoms with Crippen molar-refractivity contribution >= 4 is 17.5 Å². The number of carbonyl (C=O) groups is 1. The molecule has 0 aliphatic carbocycles. The molecule has 0 aliphatic heterocycles. The number of hydrogen-bond acceptors (Lipinski definition) is 7. The molecule has 0 radical (unpaired) electrons. The van der Waals surface area contributed by atoms with Gasteiger partial charge in [0.15, 0.2) is 5.82 Å². The number of nitrogens with one attached hydrogen (secondary N) is 2. The van der Waals surface area contributed by atoms with Gasteiger partial charge in [-0.25, -0.2) is 15.4 Å². The Balaban J connectivity index is 1.72. The van der Waals surface area contributed by atoms with E-state index in [1.54, 1.807) is 22.5 Å². The van der Waals surface area contributed by atoms with Gasteiger partial charge in [-0.15, -0.1) is 0 Å². The Kier molecular flexibility index (Phi) is 6.00. The molecule has 4 aromatic rings. The SMILES string of the molecule is O=C(NO)c1ccc(CN(c2cnccn2)c2cc(-c3cn[nH]c3C(F)(F)F)ccn2)cc1. The van der Waals surface area contributed by atoms with Crippen LogP contribution in [0, 0.1) is 0 Å². The van der Waals surface area contributed by atoms with Crippen molar-refractivity contribution < 1.29 is 23.2 Å². The number of anilines is 2. The summed E-state index contributed by atoms with van der Waals surface area (Å²) in [7, 11) is 0. The quantitative estimate of drug-likeness (QED) is 0.299. The number of aromatic nitrogens is 5. The van der Waals surface area contributed by atoms with Gasteiger partial charge in [0.1, 0.15) is 11.5 Å². The number of nitrogens with zero attached hydrogens (tertiary/aromatic N) is 5. The van der Waals surface area contributed by atoms with Crippen LogP contribution in [0.5, 0.6) is 0 Å². The summed E-state index contributed by atoms with van der Waals surface area (Å²) in [5.41, 5.74) is 1.78.